The van der Waals surface area contributed by atoms with Crippen LogP contribution in [-0.2, 0) is 4.79 Å². The van der Waals surface area contributed by atoms with Crippen molar-refractivity contribution in [3.63, 3.8) is 0 Å². The molecule has 0 aromatic heterocycles. The number of hydrogen-bond acceptors (Lipinski definition) is 3. The van der Waals surface area contributed by atoms with Crippen molar-refractivity contribution in [2.24, 2.45) is 5.92 Å². The molecule has 1 rings (SSSR count). The second-order valence-electron chi connectivity index (χ2n) is 6.08. The number of halogens is 1. The highest BCUT2D eigenvalue weighted by atomic mass is 35.5. The van der Waals surface area contributed by atoms with Crippen molar-refractivity contribution in [1.82, 2.24) is 4.90 Å². The van der Waals surface area contributed by atoms with E-state index in [4.69, 9.17) is 17.3 Å². The van der Waals surface area contributed by atoms with Gasteiger partial charge < -0.3 is 11.1 Å². The molecule has 0 aliphatic rings. The normalized spacial score (nSPS) is 13.0. The van der Waals surface area contributed by atoms with E-state index in [1.54, 1.807) is 18.2 Å². The number of anilines is 2. The van der Waals surface area contributed by atoms with Gasteiger partial charge in [-0.15, -0.1) is 0 Å². The summed E-state index contributed by atoms with van der Waals surface area (Å²) in [5.41, 5.74) is 6.95. The Kier molecular flexibility index (Phi) is 6.49. The molecule has 0 bridgehead atoms. The topological polar surface area (TPSA) is 58.4 Å². The lowest BCUT2D eigenvalue weighted by atomic mass is 10.1. The van der Waals surface area contributed by atoms with Crippen LogP contribution in [0.5, 0.6) is 0 Å². The zero-order valence-electron chi connectivity index (χ0n) is 13.5. The average molecular weight is 312 g/mol. The van der Waals surface area contributed by atoms with Crippen molar-refractivity contribution < 1.29 is 4.79 Å². The van der Waals surface area contributed by atoms with Gasteiger partial charge in [-0.05, 0) is 44.9 Å². The van der Waals surface area contributed by atoms with E-state index in [1.165, 1.54) is 0 Å². The second-order valence-corrected chi connectivity index (χ2v) is 6.52. The summed E-state index contributed by atoms with van der Waals surface area (Å²) in [4.78, 5) is 14.6. The number of nitrogens with one attached hydrogen (secondary N) is 1. The third-order valence-corrected chi connectivity index (χ3v) is 3.62. The smallest absolute Gasteiger partial charge is 0.241 e. The molecule has 0 saturated carbocycles. The van der Waals surface area contributed by atoms with Gasteiger partial charge in [0.1, 0.15) is 0 Å². The van der Waals surface area contributed by atoms with Gasteiger partial charge in [0.15, 0.2) is 0 Å². The Morgan fingerprint density at radius 3 is 2.38 bits per heavy atom. The molecule has 0 aliphatic carbocycles. The molecule has 0 heterocycles. The first-order chi connectivity index (χ1) is 9.72. The largest absolute Gasteiger partial charge is 0.397 e. The summed E-state index contributed by atoms with van der Waals surface area (Å²) in [7, 11) is 0. The Balaban J connectivity index is 2.81. The first kappa shape index (κ1) is 17.8. The van der Waals surface area contributed by atoms with Crippen molar-refractivity contribution >= 4 is 28.9 Å². The van der Waals surface area contributed by atoms with Crippen LogP contribution in [-0.4, -0.2) is 29.4 Å². The van der Waals surface area contributed by atoms with E-state index in [0.717, 1.165) is 6.54 Å². The zero-order valence-corrected chi connectivity index (χ0v) is 14.2. The van der Waals surface area contributed by atoms with Crippen LogP contribution in [0, 0.1) is 5.92 Å². The van der Waals surface area contributed by atoms with Crippen molar-refractivity contribution in [3.8, 4) is 0 Å². The van der Waals surface area contributed by atoms with E-state index in [1.807, 2.05) is 6.92 Å². The van der Waals surface area contributed by atoms with E-state index in [-0.39, 0.29) is 11.9 Å². The van der Waals surface area contributed by atoms with Crippen LogP contribution in [0.15, 0.2) is 18.2 Å². The molecule has 3 N–H and O–H groups in total. The molecule has 0 fully saturated rings. The first-order valence-electron chi connectivity index (χ1n) is 7.34. The van der Waals surface area contributed by atoms with Gasteiger partial charge in [-0.1, -0.05) is 25.4 Å². The Morgan fingerprint density at radius 2 is 1.90 bits per heavy atom. The Hall–Kier alpha value is -1.26. The van der Waals surface area contributed by atoms with Crippen LogP contribution < -0.4 is 11.1 Å². The predicted molar refractivity (Wildman–Crippen MR) is 90.6 cm³/mol. The van der Waals surface area contributed by atoms with E-state index >= 15 is 0 Å². The lowest BCUT2D eigenvalue weighted by Crippen LogP contribution is -2.47. The molecule has 0 aliphatic heterocycles. The van der Waals surface area contributed by atoms with Gasteiger partial charge in [0.2, 0.25) is 5.91 Å². The third-order valence-electron chi connectivity index (χ3n) is 3.39. The standard InChI is InChI=1S/C16H26ClN3O/c1-10(2)9-20(11(3)4)12(5)16(21)19-15-7-6-13(17)8-14(15)18/h6-8,10-12H,9,18H2,1-5H3,(H,19,21). The molecule has 1 atom stereocenters. The van der Waals surface area contributed by atoms with Crippen molar-refractivity contribution in [2.45, 2.75) is 46.7 Å². The molecular formula is C16H26ClN3O. The van der Waals surface area contributed by atoms with E-state index < -0.39 is 0 Å². The predicted octanol–water partition coefficient (Wildman–Crippen LogP) is 3.62. The molecule has 1 unspecified atom stereocenters. The summed E-state index contributed by atoms with van der Waals surface area (Å²) in [6.07, 6.45) is 0. The molecule has 0 radical (unpaired) electrons. The molecule has 21 heavy (non-hydrogen) atoms. The van der Waals surface area contributed by atoms with Crippen LogP contribution in [0.25, 0.3) is 0 Å². The quantitative estimate of drug-likeness (QED) is 0.789. The number of amides is 1. The number of nitrogen functional groups attached to an aromatic ring is 1. The second kappa shape index (κ2) is 7.66. The molecule has 1 aromatic carbocycles. The molecule has 5 heteroatoms. The maximum Gasteiger partial charge on any atom is 0.241 e. The zero-order chi connectivity index (χ0) is 16.2. The lowest BCUT2D eigenvalue weighted by molar-refractivity contribution is -0.121. The van der Waals surface area contributed by atoms with Gasteiger partial charge in [0.25, 0.3) is 0 Å². The van der Waals surface area contributed by atoms with Gasteiger partial charge in [-0.2, -0.15) is 0 Å². The minimum Gasteiger partial charge on any atom is -0.397 e. The summed E-state index contributed by atoms with van der Waals surface area (Å²) in [6, 6.07) is 5.16. The summed E-state index contributed by atoms with van der Waals surface area (Å²) < 4.78 is 0. The minimum atomic E-state index is -0.220. The number of nitrogens with zero attached hydrogens (tertiary/aromatic N) is 1. The number of rotatable bonds is 6. The molecule has 0 saturated heterocycles. The van der Waals surface area contributed by atoms with Crippen LogP contribution in [0.2, 0.25) is 5.02 Å². The van der Waals surface area contributed by atoms with Gasteiger partial charge >= 0.3 is 0 Å². The van der Waals surface area contributed by atoms with Crippen LogP contribution in [0.3, 0.4) is 0 Å². The summed E-state index contributed by atoms with van der Waals surface area (Å²) in [5, 5.41) is 3.44. The monoisotopic (exact) mass is 311 g/mol. The summed E-state index contributed by atoms with van der Waals surface area (Å²) in [5.74, 6) is 0.446. The van der Waals surface area contributed by atoms with Crippen molar-refractivity contribution in [1.29, 1.82) is 0 Å². The van der Waals surface area contributed by atoms with Crippen molar-refractivity contribution in [3.05, 3.63) is 23.2 Å². The van der Waals surface area contributed by atoms with Crippen LogP contribution in [0.1, 0.15) is 34.6 Å². The maximum absolute atomic E-state index is 12.4. The van der Waals surface area contributed by atoms with Gasteiger partial charge in [0.05, 0.1) is 17.4 Å². The van der Waals surface area contributed by atoms with Gasteiger partial charge in [0, 0.05) is 17.6 Å². The number of benzene rings is 1. The molecule has 0 spiro atoms. The Bertz CT molecular complexity index is 488. The fourth-order valence-electron chi connectivity index (χ4n) is 2.27. The van der Waals surface area contributed by atoms with Crippen molar-refractivity contribution in [2.75, 3.05) is 17.6 Å². The highest BCUT2D eigenvalue weighted by molar-refractivity contribution is 6.31. The lowest BCUT2D eigenvalue weighted by Gasteiger charge is -2.33. The Labute approximate surface area is 132 Å². The molecular weight excluding hydrogens is 286 g/mol. The fourth-order valence-corrected chi connectivity index (χ4v) is 2.45. The average Bonchev–Trinajstić information content (AvgIpc) is 2.37. The highest BCUT2D eigenvalue weighted by Gasteiger charge is 2.24. The highest BCUT2D eigenvalue weighted by Crippen LogP contribution is 2.23. The SMILES string of the molecule is CC(C)CN(C(C)C)C(C)C(=O)Nc1ccc(Cl)cc1N. The van der Waals surface area contributed by atoms with Crippen LogP contribution >= 0.6 is 11.6 Å². The summed E-state index contributed by atoms with van der Waals surface area (Å²) >= 11 is 5.86. The molecule has 118 valence electrons. The minimum absolute atomic E-state index is 0.0571. The number of hydrogen-bond donors (Lipinski definition) is 2. The maximum atomic E-state index is 12.4. The van der Waals surface area contributed by atoms with Gasteiger partial charge in [-0.3, -0.25) is 9.69 Å². The van der Waals surface area contributed by atoms with E-state index in [9.17, 15) is 4.79 Å². The summed E-state index contributed by atoms with van der Waals surface area (Å²) in [6.45, 7) is 11.3. The third kappa shape index (κ3) is 5.21. The molecule has 4 nitrogen and oxygen atoms in total. The van der Waals surface area contributed by atoms with Gasteiger partial charge in [-0.25, -0.2) is 0 Å². The van der Waals surface area contributed by atoms with E-state index in [2.05, 4.69) is 37.9 Å². The molecule has 1 amide bonds. The Morgan fingerprint density at radius 1 is 1.29 bits per heavy atom. The fraction of sp³-hybridized carbons (Fsp3) is 0.562. The first-order valence-corrected chi connectivity index (χ1v) is 7.71. The number of carbonyl (C=O) groups is 1. The number of nitrogens with two attached hydrogens (primary N) is 1. The van der Waals surface area contributed by atoms with E-state index in [0.29, 0.717) is 28.4 Å². The molecule has 1 aromatic rings. The van der Waals surface area contributed by atoms with Crippen LogP contribution in [0.4, 0.5) is 11.4 Å². The number of carbonyl (C=O) groups excluding carboxylic acids is 1.